The number of aliphatic carboxylic acids is 2. The van der Waals surface area contributed by atoms with E-state index in [9.17, 15) is 38.2 Å². The fraction of sp³-hybridized carbons (Fsp3) is 0.111. The molecule has 0 unspecified atom stereocenters. The second kappa shape index (κ2) is 30.1. The van der Waals surface area contributed by atoms with Crippen molar-refractivity contribution in [3.63, 3.8) is 0 Å². The van der Waals surface area contributed by atoms with Gasteiger partial charge in [0, 0.05) is 77.2 Å². The molecule has 0 bridgehead atoms. The fourth-order valence-corrected chi connectivity index (χ4v) is 10.8. The second-order valence-electron chi connectivity index (χ2n) is 20.6. The molecule has 0 fully saturated rings. The molecule has 2 atom stereocenters. The largest absolute Gasteiger partial charge is 1.00 e. The van der Waals surface area contributed by atoms with E-state index < -0.39 is 35.7 Å². The zero-order valence-electron chi connectivity index (χ0n) is 48.4. The molecule has 10 aromatic carbocycles. The molecular weight excluding hydrogens is 1150 g/mol. The van der Waals surface area contributed by atoms with Crippen molar-refractivity contribution < 1.29 is 129 Å². The number of carboxylic acid groups (broad SMARTS) is 2. The number of ketones is 2. The summed E-state index contributed by atoms with van der Waals surface area (Å²) >= 11 is 0. The van der Waals surface area contributed by atoms with Gasteiger partial charge in [0.05, 0.1) is 37.1 Å². The SMILES string of the molecule is O=C(c1ccc(F)cc1)c1ccccc1N[C@@H](Cc1ccc(OCCn2c3ccccc3c3ccccc32)cc1)C(=O)[O-].O=C(c1ccc(F)cc1)c1ccccc1N[C@@H](Cc1ccc(OCCn2c3ccccc3c3ccccc32)cc1)C(=O)[O-].[K+].[Na+]. The van der Waals surface area contributed by atoms with Crippen molar-refractivity contribution in [1.82, 2.24) is 9.13 Å². The van der Waals surface area contributed by atoms with E-state index in [1.54, 1.807) is 48.5 Å². The number of nitrogens with zero attached hydrogens (tertiary/aromatic N) is 2. The number of ether oxygens (including phenoxy) is 2. The number of nitrogens with one attached hydrogen (secondary N) is 2. The van der Waals surface area contributed by atoms with E-state index in [0.717, 1.165) is 33.2 Å². The molecule has 12 rings (SSSR count). The monoisotopic (exact) mass is 1200 g/mol. The summed E-state index contributed by atoms with van der Waals surface area (Å²) in [4.78, 5) is 50.3. The first kappa shape index (κ1) is 64.3. The van der Waals surface area contributed by atoms with Gasteiger partial charge in [-0.15, -0.1) is 0 Å². The van der Waals surface area contributed by atoms with Crippen LogP contribution in [0.5, 0.6) is 11.5 Å². The maximum Gasteiger partial charge on any atom is 1.00 e. The Bertz CT molecular complexity index is 4020. The average molecular weight is 1210 g/mol. The zero-order valence-corrected chi connectivity index (χ0v) is 53.5. The molecule has 2 heterocycles. The van der Waals surface area contributed by atoms with E-state index in [1.807, 2.05) is 97.1 Å². The molecule has 428 valence electrons. The molecule has 0 saturated heterocycles. The third kappa shape index (κ3) is 15.2. The van der Waals surface area contributed by atoms with Gasteiger partial charge in [0.1, 0.15) is 36.3 Å². The van der Waals surface area contributed by atoms with E-state index in [1.165, 1.54) is 70.1 Å². The Morgan fingerprint density at radius 3 is 1.01 bits per heavy atom. The number of anilines is 2. The molecule has 16 heteroatoms. The van der Waals surface area contributed by atoms with Crippen molar-refractivity contribution in [3.8, 4) is 11.5 Å². The number of benzene rings is 10. The number of hydrogen-bond acceptors (Lipinski definition) is 10. The van der Waals surface area contributed by atoms with Crippen LogP contribution in [-0.2, 0) is 35.5 Å². The summed E-state index contributed by atoms with van der Waals surface area (Å²) in [6, 6.07) is 69.4. The molecule has 2 N–H and O–H groups in total. The standard InChI is InChI=1S/2C36H29FN2O4.K.Na/c2*37-26-17-15-25(16-18-26)35(40)30-9-1-4-10-31(30)38-32(36(41)42)23-24-13-19-27(20-14-24)43-22-21-39-33-11-5-2-7-28(33)29-8-3-6-12-34(29)39;;/h2*1-20,32,38H,21-23H2,(H,41,42);;/q;;2*+1/p-2/t2*32-;;/m00../s1. The number of halogens is 2. The average Bonchev–Trinajstić information content (AvgIpc) is 1.82. The van der Waals surface area contributed by atoms with Crippen LogP contribution in [0.25, 0.3) is 43.6 Å². The Balaban J connectivity index is 0.000000205. The zero-order chi connectivity index (χ0) is 59.5. The normalized spacial score (nSPS) is 11.6. The van der Waals surface area contributed by atoms with Crippen LogP contribution < -0.4 is 111 Å². The minimum absolute atomic E-state index is 0. The Hall–Kier alpha value is -8.22. The first-order valence-electron chi connectivity index (χ1n) is 28.0. The van der Waals surface area contributed by atoms with Crippen molar-refractivity contribution in [2.75, 3.05) is 23.8 Å². The minimum Gasteiger partial charge on any atom is -0.548 e. The molecular formula is C72H56F2KN4NaO8. The maximum atomic E-state index is 13.3. The Morgan fingerprint density at radius 1 is 0.398 bits per heavy atom. The van der Waals surface area contributed by atoms with E-state index in [4.69, 9.17) is 9.47 Å². The number of carbonyl (C=O) groups is 4. The number of fused-ring (bicyclic) bond motifs is 6. The van der Waals surface area contributed by atoms with Crippen molar-refractivity contribution in [3.05, 3.63) is 288 Å². The molecule has 0 aliphatic heterocycles. The predicted octanol–water partition coefficient (Wildman–Crippen LogP) is 6.04. The molecule has 88 heavy (non-hydrogen) atoms. The van der Waals surface area contributed by atoms with Gasteiger partial charge in [-0.05, 0) is 145 Å². The molecule has 0 radical (unpaired) electrons. The van der Waals surface area contributed by atoms with Gasteiger partial charge in [-0.25, -0.2) is 8.78 Å². The van der Waals surface area contributed by atoms with Gasteiger partial charge in [0.15, 0.2) is 11.6 Å². The molecule has 0 aliphatic rings. The molecule has 12 aromatic rings. The van der Waals surface area contributed by atoms with Crippen molar-refractivity contribution >= 4 is 78.5 Å². The van der Waals surface area contributed by atoms with Gasteiger partial charge in [0.2, 0.25) is 0 Å². The molecule has 2 aromatic heterocycles. The summed E-state index contributed by atoms with van der Waals surface area (Å²) in [5, 5.41) is 34.9. The number of carbonyl (C=O) groups excluding carboxylic acids is 4. The second-order valence-corrected chi connectivity index (χ2v) is 20.6. The molecule has 0 spiro atoms. The fourth-order valence-electron chi connectivity index (χ4n) is 10.8. The Labute approximate surface area is 571 Å². The third-order valence-electron chi connectivity index (χ3n) is 15.0. The third-order valence-corrected chi connectivity index (χ3v) is 15.0. The summed E-state index contributed by atoms with van der Waals surface area (Å²) in [6.45, 7) is 2.26. The predicted molar refractivity (Wildman–Crippen MR) is 328 cm³/mol. The van der Waals surface area contributed by atoms with E-state index in [-0.39, 0.29) is 116 Å². The minimum atomic E-state index is -1.30. The van der Waals surface area contributed by atoms with Crippen molar-refractivity contribution in [2.45, 2.75) is 38.0 Å². The summed E-state index contributed by atoms with van der Waals surface area (Å²) in [7, 11) is 0. The Morgan fingerprint density at radius 2 is 0.693 bits per heavy atom. The topological polar surface area (TPSA) is 167 Å². The van der Waals surface area contributed by atoms with E-state index in [2.05, 4.69) is 68.3 Å². The van der Waals surface area contributed by atoms with Crippen LogP contribution in [0.2, 0.25) is 0 Å². The number of carboxylic acids is 2. The molecule has 0 aliphatic carbocycles. The molecule has 12 nitrogen and oxygen atoms in total. The molecule has 0 amide bonds. The van der Waals surface area contributed by atoms with Gasteiger partial charge >= 0.3 is 80.9 Å². The van der Waals surface area contributed by atoms with Crippen LogP contribution in [0.4, 0.5) is 20.2 Å². The first-order chi connectivity index (χ1) is 41.9. The van der Waals surface area contributed by atoms with Gasteiger partial charge in [0.25, 0.3) is 0 Å². The van der Waals surface area contributed by atoms with E-state index in [0.29, 0.717) is 60.3 Å². The van der Waals surface area contributed by atoms with E-state index >= 15 is 0 Å². The maximum absolute atomic E-state index is 13.3. The summed E-state index contributed by atoms with van der Waals surface area (Å²) in [5.74, 6) is -2.81. The van der Waals surface area contributed by atoms with Crippen LogP contribution in [0, 0.1) is 11.6 Å². The first-order valence-corrected chi connectivity index (χ1v) is 28.0. The Kier molecular flexibility index (Phi) is 22.0. The van der Waals surface area contributed by atoms with Gasteiger partial charge in [-0.1, -0.05) is 121 Å². The number of rotatable bonds is 22. The van der Waals surface area contributed by atoms with Gasteiger partial charge in [-0.3, -0.25) is 9.59 Å². The molecule has 0 saturated carbocycles. The van der Waals surface area contributed by atoms with Gasteiger partial charge < -0.3 is 49.0 Å². The van der Waals surface area contributed by atoms with Crippen LogP contribution in [0.1, 0.15) is 43.0 Å². The summed E-state index contributed by atoms with van der Waals surface area (Å²) < 4.78 is 43.3. The van der Waals surface area contributed by atoms with Crippen LogP contribution >= 0.6 is 0 Å². The smallest absolute Gasteiger partial charge is 0.548 e. The number of aromatic nitrogens is 2. The summed E-state index contributed by atoms with van der Waals surface area (Å²) in [6.07, 6.45) is 0.256. The van der Waals surface area contributed by atoms with Crippen LogP contribution in [0.3, 0.4) is 0 Å². The van der Waals surface area contributed by atoms with Crippen molar-refractivity contribution in [2.24, 2.45) is 0 Å². The van der Waals surface area contributed by atoms with Crippen LogP contribution in [0.15, 0.2) is 243 Å². The van der Waals surface area contributed by atoms with Crippen LogP contribution in [-0.4, -0.2) is 57.9 Å². The number of hydrogen-bond donors (Lipinski definition) is 2. The van der Waals surface area contributed by atoms with Gasteiger partial charge in [-0.2, -0.15) is 0 Å². The summed E-state index contributed by atoms with van der Waals surface area (Å²) in [5.41, 5.74) is 8.04. The van der Waals surface area contributed by atoms with Crippen molar-refractivity contribution in [1.29, 1.82) is 0 Å². The number of para-hydroxylation sites is 6. The quantitative estimate of drug-likeness (QED) is 0.0604.